The van der Waals surface area contributed by atoms with Crippen molar-refractivity contribution >= 4 is 44.5 Å². The number of carbonyl (C=O) groups is 1. The van der Waals surface area contributed by atoms with Crippen molar-refractivity contribution in [3.05, 3.63) is 92.9 Å². The van der Waals surface area contributed by atoms with Gasteiger partial charge in [-0.25, -0.2) is 5.01 Å². The molecule has 1 amide bonds. The first-order valence-corrected chi connectivity index (χ1v) is 12.9. The molecule has 0 aromatic heterocycles. The van der Waals surface area contributed by atoms with E-state index >= 15 is 0 Å². The number of nitrogens with zero attached hydrogens (tertiary/aromatic N) is 3. The maximum absolute atomic E-state index is 13.2. The predicted octanol–water partition coefficient (Wildman–Crippen LogP) is 3.93. The zero-order valence-corrected chi connectivity index (χ0v) is 21.6. The average Bonchev–Trinajstić information content (AvgIpc) is 2.87. The van der Waals surface area contributed by atoms with Crippen molar-refractivity contribution in [1.82, 2.24) is 10.3 Å². The second-order valence-electron chi connectivity index (χ2n) is 7.83. The van der Waals surface area contributed by atoms with Crippen molar-refractivity contribution in [2.24, 2.45) is 10.1 Å². The first-order valence-electron chi connectivity index (χ1n) is 11.1. The third-order valence-corrected chi connectivity index (χ3v) is 6.81. The van der Waals surface area contributed by atoms with Crippen LogP contribution < -0.4 is 25.4 Å². The molecule has 9 heteroatoms. The van der Waals surface area contributed by atoms with Crippen LogP contribution in [0.2, 0.25) is 0 Å². The number of benzene rings is 3. The number of halogens is 1. The Balaban J connectivity index is 1.56. The van der Waals surface area contributed by atoms with Gasteiger partial charge in [0.25, 0.3) is 5.91 Å². The SMILES string of the molecule is CCSC1=NN2C(=c3cc(Br)ccc3=N[C@@H]2c2ccc(OCc3ccccc3)c(OC)c2)C(=O)N1. The number of methoxy groups -OCH3 is 1. The molecule has 1 atom stereocenters. The van der Waals surface area contributed by atoms with E-state index in [9.17, 15) is 4.79 Å². The van der Waals surface area contributed by atoms with Gasteiger partial charge in [0.1, 0.15) is 12.3 Å². The topological polar surface area (TPSA) is 75.5 Å². The molecule has 0 aliphatic carbocycles. The summed E-state index contributed by atoms with van der Waals surface area (Å²) in [6.45, 7) is 2.45. The van der Waals surface area contributed by atoms with Gasteiger partial charge in [-0.05, 0) is 41.6 Å². The fraction of sp³-hybridized carbons (Fsp3) is 0.192. The number of hydrogen-bond acceptors (Lipinski definition) is 7. The minimum atomic E-state index is -0.533. The fourth-order valence-corrected chi connectivity index (χ4v) is 4.91. The summed E-state index contributed by atoms with van der Waals surface area (Å²) in [4.78, 5) is 18.1. The Hall–Kier alpha value is -3.30. The molecule has 1 N–H and O–H groups in total. The summed E-state index contributed by atoms with van der Waals surface area (Å²) in [7, 11) is 1.61. The summed E-state index contributed by atoms with van der Waals surface area (Å²) < 4.78 is 12.5. The zero-order valence-electron chi connectivity index (χ0n) is 19.2. The molecule has 5 rings (SSSR count). The molecular formula is C26H23BrN4O3S. The summed E-state index contributed by atoms with van der Waals surface area (Å²) in [6.07, 6.45) is -0.533. The molecule has 0 saturated heterocycles. The summed E-state index contributed by atoms with van der Waals surface area (Å²) in [6, 6.07) is 21.4. The number of nitrogens with one attached hydrogen (secondary N) is 1. The van der Waals surface area contributed by atoms with Gasteiger partial charge in [-0.1, -0.05) is 71.0 Å². The normalized spacial score (nSPS) is 16.5. The summed E-state index contributed by atoms with van der Waals surface area (Å²) in [5, 5.41) is 11.4. The van der Waals surface area contributed by atoms with E-state index in [0.717, 1.165) is 31.9 Å². The number of carbonyl (C=O) groups excluding carboxylic acids is 1. The lowest BCUT2D eigenvalue weighted by Gasteiger charge is -2.34. The van der Waals surface area contributed by atoms with Crippen molar-refractivity contribution in [3.63, 3.8) is 0 Å². The second-order valence-corrected chi connectivity index (χ2v) is 10.0. The van der Waals surface area contributed by atoms with Gasteiger partial charge in [0.05, 0.1) is 12.5 Å². The molecule has 2 aliphatic rings. The number of amidine groups is 1. The highest BCUT2D eigenvalue weighted by atomic mass is 79.9. The van der Waals surface area contributed by atoms with E-state index in [1.165, 1.54) is 11.8 Å². The monoisotopic (exact) mass is 550 g/mol. The van der Waals surface area contributed by atoms with Gasteiger partial charge in [-0.3, -0.25) is 15.1 Å². The molecule has 0 spiro atoms. The Morgan fingerprint density at radius 3 is 2.69 bits per heavy atom. The maximum Gasteiger partial charge on any atom is 0.276 e. The summed E-state index contributed by atoms with van der Waals surface area (Å²) in [5.74, 6) is 1.80. The third kappa shape index (κ3) is 4.78. The minimum absolute atomic E-state index is 0.204. The molecule has 0 bridgehead atoms. The second kappa shape index (κ2) is 10.1. The fourth-order valence-electron chi connectivity index (χ4n) is 3.97. The predicted molar refractivity (Wildman–Crippen MR) is 140 cm³/mol. The van der Waals surface area contributed by atoms with Crippen LogP contribution in [0.1, 0.15) is 24.2 Å². The lowest BCUT2D eigenvalue weighted by Crippen LogP contribution is -2.50. The first-order chi connectivity index (χ1) is 17.1. The van der Waals surface area contributed by atoms with Crippen molar-refractivity contribution < 1.29 is 14.3 Å². The van der Waals surface area contributed by atoms with Crippen molar-refractivity contribution in [2.45, 2.75) is 19.7 Å². The van der Waals surface area contributed by atoms with Crippen LogP contribution in [0.4, 0.5) is 0 Å². The Morgan fingerprint density at radius 1 is 1.09 bits per heavy atom. The van der Waals surface area contributed by atoms with Crippen LogP contribution in [0, 0.1) is 0 Å². The summed E-state index contributed by atoms with van der Waals surface area (Å²) in [5.41, 5.74) is 2.36. The molecule has 178 valence electrons. The van der Waals surface area contributed by atoms with Gasteiger partial charge in [-0.15, -0.1) is 5.10 Å². The Morgan fingerprint density at radius 2 is 1.91 bits per heavy atom. The first kappa shape index (κ1) is 23.4. The smallest absolute Gasteiger partial charge is 0.276 e. The molecule has 2 aliphatic heterocycles. The van der Waals surface area contributed by atoms with E-state index in [4.69, 9.17) is 19.6 Å². The zero-order chi connectivity index (χ0) is 24.4. The maximum atomic E-state index is 13.2. The van der Waals surface area contributed by atoms with Gasteiger partial charge in [0.15, 0.2) is 22.8 Å². The molecule has 0 radical (unpaired) electrons. The number of ether oxygens (including phenoxy) is 2. The molecule has 0 unspecified atom stereocenters. The third-order valence-electron chi connectivity index (χ3n) is 5.57. The summed E-state index contributed by atoms with van der Waals surface area (Å²) >= 11 is 4.98. The van der Waals surface area contributed by atoms with Crippen LogP contribution in [-0.2, 0) is 11.4 Å². The molecule has 0 fully saturated rings. The number of amides is 1. The van der Waals surface area contributed by atoms with Crippen LogP contribution >= 0.6 is 27.7 Å². The van der Waals surface area contributed by atoms with Crippen molar-refractivity contribution in [2.75, 3.05) is 12.9 Å². The lowest BCUT2D eigenvalue weighted by molar-refractivity contribution is -0.116. The van der Waals surface area contributed by atoms with E-state index in [1.54, 1.807) is 12.1 Å². The van der Waals surface area contributed by atoms with Gasteiger partial charge < -0.3 is 9.47 Å². The quantitative estimate of drug-likeness (QED) is 0.503. The molecule has 3 aromatic carbocycles. The molecule has 35 heavy (non-hydrogen) atoms. The number of hydrogen-bond donors (Lipinski definition) is 1. The van der Waals surface area contributed by atoms with Gasteiger partial charge >= 0.3 is 0 Å². The highest BCUT2D eigenvalue weighted by Gasteiger charge is 2.34. The number of hydrazone groups is 1. The molecule has 2 heterocycles. The van der Waals surface area contributed by atoms with Gasteiger partial charge in [0.2, 0.25) is 0 Å². The van der Waals surface area contributed by atoms with Crippen molar-refractivity contribution in [1.29, 1.82) is 0 Å². The highest BCUT2D eigenvalue weighted by molar-refractivity contribution is 9.10. The Labute approximate surface area is 215 Å². The molecule has 7 nitrogen and oxygen atoms in total. The van der Waals surface area contributed by atoms with Crippen molar-refractivity contribution in [3.8, 4) is 11.5 Å². The van der Waals surface area contributed by atoms with Crippen LogP contribution in [0.5, 0.6) is 11.5 Å². The highest BCUT2D eigenvalue weighted by Crippen LogP contribution is 2.36. The molecule has 3 aromatic rings. The molecular weight excluding hydrogens is 528 g/mol. The van der Waals surface area contributed by atoms with Gasteiger partial charge in [0, 0.05) is 15.3 Å². The number of thioether (sulfide) groups is 1. The van der Waals surface area contributed by atoms with E-state index < -0.39 is 6.17 Å². The van der Waals surface area contributed by atoms with Crippen LogP contribution in [0.25, 0.3) is 5.70 Å². The number of fused-ring (bicyclic) bond motifs is 2. The van der Waals surface area contributed by atoms with Gasteiger partial charge in [-0.2, -0.15) is 0 Å². The van der Waals surface area contributed by atoms with E-state index in [2.05, 4.69) is 21.2 Å². The number of rotatable bonds is 6. The van der Waals surface area contributed by atoms with E-state index in [-0.39, 0.29) is 5.91 Å². The van der Waals surface area contributed by atoms with Crippen LogP contribution in [0.3, 0.4) is 0 Å². The van der Waals surface area contributed by atoms with E-state index in [0.29, 0.717) is 29.0 Å². The van der Waals surface area contributed by atoms with E-state index in [1.807, 2.05) is 73.7 Å². The Bertz CT molecular complexity index is 1430. The van der Waals surface area contributed by atoms with Crippen LogP contribution in [0.15, 0.2) is 81.3 Å². The Kier molecular flexibility index (Phi) is 6.79. The largest absolute Gasteiger partial charge is 0.493 e. The standard InChI is InChI=1S/C26H23BrN4O3S/c1-3-35-26-29-25(32)23-19-14-18(27)10-11-20(19)28-24(31(23)30-26)17-9-12-21(22(13-17)33-2)34-15-16-7-5-4-6-8-16/h4-14,24H,3,15H2,1-2H3,(H,29,30,32)/t24-/m0/s1. The molecule has 0 saturated carbocycles. The lowest BCUT2D eigenvalue weighted by atomic mass is 10.1. The minimum Gasteiger partial charge on any atom is -0.493 e. The van der Waals surface area contributed by atoms with Crippen LogP contribution in [-0.4, -0.2) is 28.9 Å². The average molecular weight is 551 g/mol.